The van der Waals surface area contributed by atoms with E-state index >= 15 is 0 Å². The molecule has 0 radical (unpaired) electrons. The van der Waals surface area contributed by atoms with E-state index in [0.29, 0.717) is 18.1 Å². The zero-order chi connectivity index (χ0) is 19.1. The molecule has 0 aliphatic heterocycles. The van der Waals surface area contributed by atoms with Crippen LogP contribution in [0.15, 0.2) is 43.0 Å². The summed E-state index contributed by atoms with van der Waals surface area (Å²) in [5.74, 6) is 0.413. The van der Waals surface area contributed by atoms with Gasteiger partial charge in [-0.15, -0.1) is 10.2 Å². The number of hydrogen-bond donors (Lipinski definition) is 1. The minimum atomic E-state index is -0.171. The van der Waals surface area contributed by atoms with Crippen LogP contribution in [-0.4, -0.2) is 24.6 Å². The molecule has 6 nitrogen and oxygen atoms in total. The minimum absolute atomic E-state index is 0.171. The zero-order valence-electron chi connectivity index (χ0n) is 15.5. The largest absolute Gasteiger partial charge is 0.351 e. The predicted molar refractivity (Wildman–Crippen MR) is 105 cm³/mol. The maximum atomic E-state index is 14.4. The lowest BCUT2D eigenvalue weighted by Crippen LogP contribution is -2.10. The standard InChI is InChI=1S/C21H19FN6/c1-13-15(6-3-9-23-13)18-11-25-21(28-12-26-27-20(18)28)24-10-17-16-5-2-4-14(16)7-8-19(17)22/h3,6-9,11-12H,2,4-5,10H2,1H3,(H,24,25). The third-order valence-corrected chi connectivity index (χ3v) is 5.40. The van der Waals surface area contributed by atoms with Crippen LogP contribution in [0.5, 0.6) is 0 Å². The van der Waals surface area contributed by atoms with E-state index < -0.39 is 0 Å². The highest BCUT2D eigenvalue weighted by Crippen LogP contribution is 2.29. The Morgan fingerprint density at radius 2 is 2.07 bits per heavy atom. The summed E-state index contributed by atoms with van der Waals surface area (Å²) in [4.78, 5) is 8.90. The summed E-state index contributed by atoms with van der Waals surface area (Å²) in [6.07, 6.45) is 8.18. The maximum Gasteiger partial charge on any atom is 0.210 e. The smallest absolute Gasteiger partial charge is 0.210 e. The highest BCUT2D eigenvalue weighted by atomic mass is 19.1. The third kappa shape index (κ3) is 2.70. The second-order valence-electron chi connectivity index (χ2n) is 7.03. The van der Waals surface area contributed by atoms with Crippen molar-refractivity contribution in [1.82, 2.24) is 24.6 Å². The van der Waals surface area contributed by atoms with Crippen LogP contribution in [0.25, 0.3) is 16.8 Å². The SMILES string of the molecule is Cc1ncccc1-c1cnc(NCc2c(F)ccc3c2CCC3)n2cnnc12. The number of pyridine rings is 1. The van der Waals surface area contributed by atoms with E-state index in [2.05, 4.69) is 25.5 Å². The number of anilines is 1. The third-order valence-electron chi connectivity index (χ3n) is 5.40. The number of hydrogen-bond acceptors (Lipinski definition) is 5. The summed E-state index contributed by atoms with van der Waals surface area (Å²) >= 11 is 0. The Hall–Kier alpha value is -3.35. The van der Waals surface area contributed by atoms with Crippen molar-refractivity contribution in [3.8, 4) is 11.1 Å². The lowest BCUT2D eigenvalue weighted by molar-refractivity contribution is 0.609. The van der Waals surface area contributed by atoms with E-state index in [0.717, 1.165) is 47.2 Å². The van der Waals surface area contributed by atoms with Crippen molar-refractivity contribution in [3.63, 3.8) is 0 Å². The second kappa shape index (κ2) is 6.67. The molecule has 140 valence electrons. The highest BCUT2D eigenvalue weighted by molar-refractivity contribution is 5.78. The number of aromatic nitrogens is 5. The van der Waals surface area contributed by atoms with Gasteiger partial charge in [0.25, 0.3) is 0 Å². The normalized spacial score (nSPS) is 13.1. The van der Waals surface area contributed by atoms with Gasteiger partial charge in [0.15, 0.2) is 5.65 Å². The van der Waals surface area contributed by atoms with Crippen LogP contribution in [0.4, 0.5) is 10.3 Å². The first kappa shape index (κ1) is 16.8. The van der Waals surface area contributed by atoms with Gasteiger partial charge in [0.05, 0.1) is 0 Å². The van der Waals surface area contributed by atoms with E-state index in [1.165, 1.54) is 5.56 Å². The van der Waals surface area contributed by atoms with E-state index in [9.17, 15) is 4.39 Å². The van der Waals surface area contributed by atoms with Gasteiger partial charge in [0.2, 0.25) is 5.95 Å². The Morgan fingerprint density at radius 1 is 1.14 bits per heavy atom. The van der Waals surface area contributed by atoms with Gasteiger partial charge in [-0.3, -0.25) is 9.38 Å². The Labute approximate surface area is 161 Å². The zero-order valence-corrected chi connectivity index (χ0v) is 15.5. The number of fused-ring (bicyclic) bond motifs is 2. The minimum Gasteiger partial charge on any atom is -0.351 e. The average molecular weight is 374 g/mol. The molecule has 0 fully saturated rings. The molecule has 0 atom stereocenters. The molecule has 0 unspecified atom stereocenters. The van der Waals surface area contributed by atoms with Gasteiger partial charge < -0.3 is 5.32 Å². The fourth-order valence-corrected chi connectivity index (χ4v) is 3.98. The molecule has 0 spiro atoms. The molecule has 1 aliphatic rings. The van der Waals surface area contributed by atoms with Crippen LogP contribution < -0.4 is 5.32 Å². The van der Waals surface area contributed by atoms with Gasteiger partial charge in [0, 0.05) is 41.3 Å². The fraction of sp³-hybridized carbons (Fsp3) is 0.238. The van der Waals surface area contributed by atoms with Crippen molar-refractivity contribution >= 4 is 11.6 Å². The molecule has 3 heterocycles. The maximum absolute atomic E-state index is 14.4. The first-order valence-corrected chi connectivity index (χ1v) is 9.36. The van der Waals surface area contributed by atoms with Gasteiger partial charge in [-0.25, -0.2) is 9.37 Å². The summed E-state index contributed by atoms with van der Waals surface area (Å²) < 4.78 is 16.2. The molecule has 3 aromatic heterocycles. The lowest BCUT2D eigenvalue weighted by atomic mass is 10.0. The molecule has 1 aromatic carbocycles. The van der Waals surface area contributed by atoms with Gasteiger partial charge in [-0.1, -0.05) is 12.1 Å². The molecule has 5 rings (SSSR count). The van der Waals surface area contributed by atoms with Crippen LogP contribution in [0.3, 0.4) is 0 Å². The van der Waals surface area contributed by atoms with Crippen molar-refractivity contribution in [1.29, 1.82) is 0 Å². The van der Waals surface area contributed by atoms with Crippen LogP contribution in [0.2, 0.25) is 0 Å². The molecule has 0 saturated carbocycles. The number of benzene rings is 1. The summed E-state index contributed by atoms with van der Waals surface area (Å²) in [6, 6.07) is 7.35. The number of nitrogens with zero attached hydrogens (tertiary/aromatic N) is 5. The summed E-state index contributed by atoms with van der Waals surface area (Å²) in [5.41, 5.74) is 6.53. The second-order valence-corrected chi connectivity index (χ2v) is 7.03. The molecule has 0 saturated heterocycles. The van der Waals surface area contributed by atoms with Crippen molar-refractivity contribution in [3.05, 3.63) is 71.2 Å². The van der Waals surface area contributed by atoms with Crippen LogP contribution >= 0.6 is 0 Å². The van der Waals surface area contributed by atoms with E-state index in [1.54, 1.807) is 29.2 Å². The monoisotopic (exact) mass is 374 g/mol. The quantitative estimate of drug-likeness (QED) is 0.589. The average Bonchev–Trinajstić information content (AvgIpc) is 3.37. The first-order chi connectivity index (χ1) is 13.7. The van der Waals surface area contributed by atoms with Crippen molar-refractivity contribution in [2.24, 2.45) is 0 Å². The topological polar surface area (TPSA) is 68.0 Å². The van der Waals surface area contributed by atoms with Gasteiger partial charge in [-0.05, 0) is 49.4 Å². The van der Waals surface area contributed by atoms with Crippen LogP contribution in [-0.2, 0) is 19.4 Å². The molecular formula is C21H19FN6. The Bertz CT molecular complexity index is 1180. The molecular weight excluding hydrogens is 355 g/mol. The van der Waals surface area contributed by atoms with E-state index in [4.69, 9.17) is 0 Å². The molecule has 1 aliphatic carbocycles. The number of halogens is 1. The van der Waals surface area contributed by atoms with Gasteiger partial charge in [-0.2, -0.15) is 0 Å². The van der Waals surface area contributed by atoms with Crippen molar-refractivity contribution in [2.45, 2.75) is 32.7 Å². The van der Waals surface area contributed by atoms with Crippen LogP contribution in [0.1, 0.15) is 28.8 Å². The molecule has 4 aromatic rings. The Kier molecular flexibility index (Phi) is 4.00. The van der Waals surface area contributed by atoms with E-state index in [-0.39, 0.29) is 5.82 Å². The summed E-state index contributed by atoms with van der Waals surface area (Å²) in [5, 5.41) is 11.6. The number of nitrogens with one attached hydrogen (secondary N) is 1. The molecule has 1 N–H and O–H groups in total. The Balaban J connectivity index is 1.51. The number of aryl methyl sites for hydroxylation is 2. The Morgan fingerprint density at radius 3 is 2.96 bits per heavy atom. The fourth-order valence-electron chi connectivity index (χ4n) is 3.98. The van der Waals surface area contributed by atoms with Crippen molar-refractivity contribution < 1.29 is 4.39 Å². The lowest BCUT2D eigenvalue weighted by Gasteiger charge is -2.13. The molecule has 7 heteroatoms. The summed E-state index contributed by atoms with van der Waals surface area (Å²) in [6.45, 7) is 2.33. The van der Waals surface area contributed by atoms with E-state index in [1.807, 2.05) is 25.1 Å². The molecule has 0 amide bonds. The van der Waals surface area contributed by atoms with Crippen LogP contribution in [0, 0.1) is 12.7 Å². The van der Waals surface area contributed by atoms with Gasteiger partial charge >= 0.3 is 0 Å². The highest BCUT2D eigenvalue weighted by Gasteiger charge is 2.19. The van der Waals surface area contributed by atoms with Gasteiger partial charge in [0.1, 0.15) is 12.1 Å². The number of rotatable bonds is 4. The van der Waals surface area contributed by atoms with Crippen molar-refractivity contribution in [2.75, 3.05) is 5.32 Å². The summed E-state index contributed by atoms with van der Waals surface area (Å²) in [7, 11) is 0. The molecule has 28 heavy (non-hydrogen) atoms. The predicted octanol–water partition coefficient (Wildman–Crippen LogP) is 3.73. The molecule has 0 bridgehead atoms. The first-order valence-electron chi connectivity index (χ1n) is 9.36.